The molecule has 0 bridgehead atoms. The predicted molar refractivity (Wildman–Crippen MR) is 130 cm³/mol. The Hall–Kier alpha value is -3.47. The molecule has 1 amide bonds. The Bertz CT molecular complexity index is 999. The third-order valence-corrected chi connectivity index (χ3v) is 5.93. The second kappa shape index (κ2) is 10.7. The number of hydrogen-bond acceptors (Lipinski definition) is 4. The van der Waals surface area contributed by atoms with Crippen LogP contribution < -0.4 is 20.3 Å². The Morgan fingerprint density at radius 1 is 0.875 bits per heavy atom. The number of amides is 1. The summed E-state index contributed by atoms with van der Waals surface area (Å²) in [5, 5.41) is 6.56. The van der Waals surface area contributed by atoms with Crippen molar-refractivity contribution in [2.45, 2.75) is 25.3 Å². The molecule has 32 heavy (non-hydrogen) atoms. The molecule has 1 aliphatic rings. The Kier molecular flexibility index (Phi) is 7.28. The number of para-hydroxylation sites is 2. The van der Waals surface area contributed by atoms with Gasteiger partial charge in [0.25, 0.3) is 0 Å². The first kappa shape index (κ1) is 21.8. The van der Waals surface area contributed by atoms with Gasteiger partial charge in [-0.15, -0.1) is 0 Å². The average Bonchev–Trinajstić information content (AvgIpc) is 2.87. The van der Waals surface area contributed by atoms with Gasteiger partial charge in [-0.1, -0.05) is 54.6 Å². The van der Waals surface area contributed by atoms with Crippen LogP contribution in [0, 0.1) is 0 Å². The SMILES string of the molecule is COc1ccc([C@H](NC(=O)CNc2ccccc2N2CCCCC2)c2ccccc2)cc1. The molecule has 3 aromatic carbocycles. The van der Waals surface area contributed by atoms with E-state index in [4.69, 9.17) is 4.74 Å². The smallest absolute Gasteiger partial charge is 0.240 e. The van der Waals surface area contributed by atoms with Crippen LogP contribution in [0.1, 0.15) is 36.4 Å². The van der Waals surface area contributed by atoms with Gasteiger partial charge < -0.3 is 20.3 Å². The zero-order valence-corrected chi connectivity index (χ0v) is 18.6. The topological polar surface area (TPSA) is 53.6 Å². The van der Waals surface area contributed by atoms with Crippen LogP contribution in [0.25, 0.3) is 0 Å². The summed E-state index contributed by atoms with van der Waals surface area (Å²) in [6, 6.07) is 25.9. The van der Waals surface area contributed by atoms with Crippen molar-refractivity contribution in [2.75, 3.05) is 37.0 Å². The highest BCUT2D eigenvalue weighted by molar-refractivity contribution is 5.83. The maximum Gasteiger partial charge on any atom is 0.240 e. The summed E-state index contributed by atoms with van der Waals surface area (Å²) in [6.07, 6.45) is 3.73. The zero-order chi connectivity index (χ0) is 22.2. The van der Waals surface area contributed by atoms with Crippen molar-refractivity contribution in [3.63, 3.8) is 0 Å². The molecule has 1 fully saturated rings. The second-order valence-electron chi connectivity index (χ2n) is 8.10. The standard InChI is InChI=1S/C27H31N3O2/c1-32-23-16-14-22(15-17-23)27(21-10-4-2-5-11-21)29-26(31)20-28-24-12-6-7-13-25(24)30-18-8-3-9-19-30/h2,4-7,10-17,27-28H,3,8-9,18-20H2,1H3,(H,29,31)/t27-/m1/s1. The highest BCUT2D eigenvalue weighted by Crippen LogP contribution is 2.28. The highest BCUT2D eigenvalue weighted by atomic mass is 16.5. The number of methoxy groups -OCH3 is 1. The molecule has 2 N–H and O–H groups in total. The number of carbonyl (C=O) groups excluding carboxylic acids is 1. The van der Waals surface area contributed by atoms with E-state index in [2.05, 4.69) is 33.7 Å². The fourth-order valence-electron chi connectivity index (χ4n) is 4.22. The normalized spacial score (nSPS) is 14.5. The lowest BCUT2D eigenvalue weighted by molar-refractivity contribution is -0.119. The van der Waals surface area contributed by atoms with E-state index in [9.17, 15) is 4.79 Å². The Labute approximate surface area is 190 Å². The van der Waals surface area contributed by atoms with Crippen molar-refractivity contribution < 1.29 is 9.53 Å². The van der Waals surface area contributed by atoms with Crippen molar-refractivity contribution in [1.82, 2.24) is 5.32 Å². The number of benzene rings is 3. The highest BCUT2D eigenvalue weighted by Gasteiger charge is 2.18. The van der Waals surface area contributed by atoms with Crippen molar-refractivity contribution >= 4 is 17.3 Å². The number of rotatable bonds is 8. The molecule has 3 aromatic rings. The fraction of sp³-hybridized carbons (Fsp3) is 0.296. The van der Waals surface area contributed by atoms with E-state index in [0.717, 1.165) is 35.7 Å². The molecule has 5 heteroatoms. The largest absolute Gasteiger partial charge is 0.497 e. The first-order chi connectivity index (χ1) is 15.7. The van der Waals surface area contributed by atoms with E-state index in [1.165, 1.54) is 24.9 Å². The van der Waals surface area contributed by atoms with Crippen LogP contribution in [0.2, 0.25) is 0 Å². The quantitative estimate of drug-likeness (QED) is 0.529. The molecule has 166 valence electrons. The molecule has 5 nitrogen and oxygen atoms in total. The summed E-state index contributed by atoms with van der Waals surface area (Å²) >= 11 is 0. The molecule has 1 atom stereocenters. The van der Waals surface area contributed by atoms with Gasteiger partial charge in [0.2, 0.25) is 5.91 Å². The molecule has 0 spiro atoms. The van der Waals surface area contributed by atoms with Crippen LogP contribution in [0.3, 0.4) is 0 Å². The van der Waals surface area contributed by atoms with Crippen molar-refractivity contribution in [3.05, 3.63) is 90.0 Å². The second-order valence-corrected chi connectivity index (χ2v) is 8.10. The van der Waals surface area contributed by atoms with E-state index < -0.39 is 0 Å². The summed E-state index contributed by atoms with van der Waals surface area (Å²) in [5.41, 5.74) is 4.24. The molecular formula is C27H31N3O2. The third-order valence-electron chi connectivity index (χ3n) is 5.93. The molecule has 0 unspecified atom stereocenters. The monoisotopic (exact) mass is 429 g/mol. The summed E-state index contributed by atoms with van der Waals surface area (Å²) < 4.78 is 5.28. The fourth-order valence-corrected chi connectivity index (χ4v) is 4.22. The van der Waals surface area contributed by atoms with Crippen LogP contribution in [-0.4, -0.2) is 32.7 Å². The van der Waals surface area contributed by atoms with Gasteiger partial charge in [-0.25, -0.2) is 0 Å². The molecule has 1 saturated heterocycles. The maximum atomic E-state index is 13.0. The number of anilines is 2. The van der Waals surface area contributed by atoms with Gasteiger partial charge in [0.05, 0.1) is 31.1 Å². The van der Waals surface area contributed by atoms with Crippen molar-refractivity contribution in [2.24, 2.45) is 0 Å². The molecule has 1 aliphatic heterocycles. The van der Waals surface area contributed by atoms with Gasteiger partial charge in [-0.05, 0) is 54.7 Å². The molecule has 0 radical (unpaired) electrons. The van der Waals surface area contributed by atoms with Crippen LogP contribution in [-0.2, 0) is 4.79 Å². The summed E-state index contributed by atoms with van der Waals surface area (Å²) in [7, 11) is 1.65. The summed E-state index contributed by atoms with van der Waals surface area (Å²) in [4.78, 5) is 15.4. The molecule has 4 rings (SSSR count). The van der Waals surface area contributed by atoms with Gasteiger partial charge in [0.1, 0.15) is 5.75 Å². The van der Waals surface area contributed by atoms with Gasteiger partial charge in [-0.3, -0.25) is 4.79 Å². The zero-order valence-electron chi connectivity index (χ0n) is 18.6. The number of hydrogen-bond donors (Lipinski definition) is 2. The minimum absolute atomic E-state index is 0.0527. The lowest BCUT2D eigenvalue weighted by Gasteiger charge is -2.30. The van der Waals surface area contributed by atoms with Gasteiger partial charge in [0.15, 0.2) is 0 Å². The van der Waals surface area contributed by atoms with Gasteiger partial charge >= 0.3 is 0 Å². The Morgan fingerprint density at radius 3 is 2.25 bits per heavy atom. The molecule has 0 aromatic heterocycles. The maximum absolute atomic E-state index is 13.0. The van der Waals surface area contributed by atoms with Crippen LogP contribution in [0.4, 0.5) is 11.4 Å². The lowest BCUT2D eigenvalue weighted by Crippen LogP contribution is -2.34. The van der Waals surface area contributed by atoms with Crippen molar-refractivity contribution in [1.29, 1.82) is 0 Å². The summed E-state index contributed by atoms with van der Waals surface area (Å²) in [5.74, 6) is 0.742. The van der Waals surface area contributed by atoms with E-state index in [1.807, 2.05) is 60.7 Å². The van der Waals surface area contributed by atoms with E-state index in [-0.39, 0.29) is 18.5 Å². The minimum Gasteiger partial charge on any atom is -0.497 e. The number of piperidine rings is 1. The first-order valence-electron chi connectivity index (χ1n) is 11.3. The average molecular weight is 430 g/mol. The van der Waals surface area contributed by atoms with E-state index >= 15 is 0 Å². The lowest BCUT2D eigenvalue weighted by atomic mass is 9.98. The molecule has 0 aliphatic carbocycles. The van der Waals surface area contributed by atoms with Gasteiger partial charge in [0, 0.05) is 13.1 Å². The number of nitrogens with one attached hydrogen (secondary N) is 2. The summed E-state index contributed by atoms with van der Waals surface area (Å²) in [6.45, 7) is 2.35. The first-order valence-corrected chi connectivity index (χ1v) is 11.3. The molecular weight excluding hydrogens is 398 g/mol. The Morgan fingerprint density at radius 2 is 1.53 bits per heavy atom. The minimum atomic E-state index is -0.228. The van der Waals surface area contributed by atoms with E-state index in [0.29, 0.717) is 0 Å². The predicted octanol–water partition coefficient (Wildman–Crippen LogP) is 5.00. The Balaban J connectivity index is 1.46. The van der Waals surface area contributed by atoms with Crippen LogP contribution in [0.15, 0.2) is 78.9 Å². The van der Waals surface area contributed by atoms with Gasteiger partial charge in [-0.2, -0.15) is 0 Å². The number of ether oxygens (including phenoxy) is 1. The van der Waals surface area contributed by atoms with E-state index in [1.54, 1.807) is 7.11 Å². The van der Waals surface area contributed by atoms with Crippen LogP contribution in [0.5, 0.6) is 5.75 Å². The molecule has 0 saturated carbocycles. The number of nitrogens with zero attached hydrogens (tertiary/aromatic N) is 1. The number of carbonyl (C=O) groups is 1. The molecule has 1 heterocycles. The van der Waals surface area contributed by atoms with Crippen molar-refractivity contribution in [3.8, 4) is 5.75 Å². The third kappa shape index (κ3) is 5.41. The van der Waals surface area contributed by atoms with Crippen LogP contribution >= 0.6 is 0 Å².